The Balaban J connectivity index is 2.23. The van der Waals surface area contributed by atoms with Gasteiger partial charge in [-0.1, -0.05) is 35.9 Å². The lowest BCUT2D eigenvalue weighted by Gasteiger charge is -2.14. The van der Waals surface area contributed by atoms with E-state index in [0.29, 0.717) is 17.0 Å². The standard InChI is InChI=1S/C16H16ClFO/c1-10-3-5-12(14(17)7-10)9-16(19)13-6-4-11(2)8-15(13)18/h3-8,16,19H,9H2,1-2H3. The Bertz CT molecular complexity index is 595. The fourth-order valence-electron chi connectivity index (χ4n) is 2.04. The van der Waals surface area contributed by atoms with Crippen LogP contribution < -0.4 is 0 Å². The minimum Gasteiger partial charge on any atom is -0.388 e. The van der Waals surface area contributed by atoms with Crippen molar-refractivity contribution in [3.63, 3.8) is 0 Å². The summed E-state index contributed by atoms with van der Waals surface area (Å²) in [6.45, 7) is 3.77. The van der Waals surface area contributed by atoms with Crippen LogP contribution in [-0.4, -0.2) is 5.11 Å². The Labute approximate surface area is 117 Å². The Hall–Kier alpha value is -1.38. The Morgan fingerprint density at radius 1 is 1.11 bits per heavy atom. The summed E-state index contributed by atoms with van der Waals surface area (Å²) < 4.78 is 13.8. The Morgan fingerprint density at radius 2 is 1.74 bits per heavy atom. The first-order chi connectivity index (χ1) is 8.97. The number of aryl methyl sites for hydroxylation is 2. The van der Waals surface area contributed by atoms with Gasteiger partial charge >= 0.3 is 0 Å². The monoisotopic (exact) mass is 278 g/mol. The zero-order valence-corrected chi connectivity index (χ0v) is 11.7. The van der Waals surface area contributed by atoms with Gasteiger partial charge in [0.1, 0.15) is 5.82 Å². The lowest BCUT2D eigenvalue weighted by atomic mass is 9.99. The van der Waals surface area contributed by atoms with Crippen LogP contribution >= 0.6 is 11.6 Å². The molecule has 1 unspecified atom stereocenters. The van der Waals surface area contributed by atoms with Crippen LogP contribution in [0.2, 0.25) is 5.02 Å². The molecular weight excluding hydrogens is 263 g/mol. The van der Waals surface area contributed by atoms with Crippen molar-refractivity contribution in [1.29, 1.82) is 0 Å². The van der Waals surface area contributed by atoms with Gasteiger partial charge in [0.15, 0.2) is 0 Å². The van der Waals surface area contributed by atoms with Gasteiger partial charge < -0.3 is 5.11 Å². The number of rotatable bonds is 3. The maximum absolute atomic E-state index is 13.8. The summed E-state index contributed by atoms with van der Waals surface area (Å²) in [6, 6.07) is 10.5. The summed E-state index contributed by atoms with van der Waals surface area (Å²) in [7, 11) is 0. The van der Waals surface area contributed by atoms with E-state index in [9.17, 15) is 9.50 Å². The van der Waals surface area contributed by atoms with Gasteiger partial charge in [0, 0.05) is 17.0 Å². The molecule has 19 heavy (non-hydrogen) atoms. The zero-order chi connectivity index (χ0) is 14.0. The number of aliphatic hydroxyl groups is 1. The van der Waals surface area contributed by atoms with E-state index in [2.05, 4.69) is 0 Å². The molecule has 0 heterocycles. The summed E-state index contributed by atoms with van der Waals surface area (Å²) >= 11 is 6.12. The minimum atomic E-state index is -0.888. The zero-order valence-electron chi connectivity index (χ0n) is 11.0. The predicted molar refractivity (Wildman–Crippen MR) is 76.0 cm³/mol. The molecule has 0 bridgehead atoms. The van der Waals surface area contributed by atoms with Gasteiger partial charge in [0.25, 0.3) is 0 Å². The molecule has 2 aromatic carbocycles. The van der Waals surface area contributed by atoms with Crippen molar-refractivity contribution in [2.75, 3.05) is 0 Å². The highest BCUT2D eigenvalue weighted by atomic mass is 35.5. The summed E-state index contributed by atoms with van der Waals surface area (Å²) in [5.41, 5.74) is 3.02. The SMILES string of the molecule is Cc1ccc(C(O)Cc2ccc(C)cc2Cl)c(F)c1. The van der Waals surface area contributed by atoms with E-state index in [1.165, 1.54) is 6.07 Å². The van der Waals surface area contributed by atoms with Gasteiger partial charge in [-0.05, 0) is 42.7 Å². The first-order valence-corrected chi connectivity index (χ1v) is 6.54. The van der Waals surface area contributed by atoms with E-state index in [-0.39, 0.29) is 5.82 Å². The van der Waals surface area contributed by atoms with E-state index >= 15 is 0 Å². The first-order valence-electron chi connectivity index (χ1n) is 6.16. The largest absolute Gasteiger partial charge is 0.388 e. The van der Waals surface area contributed by atoms with Crippen LogP contribution in [-0.2, 0) is 6.42 Å². The molecule has 100 valence electrons. The summed E-state index contributed by atoms with van der Waals surface area (Å²) in [4.78, 5) is 0. The van der Waals surface area contributed by atoms with E-state index in [1.807, 2.05) is 32.0 Å². The van der Waals surface area contributed by atoms with Crippen molar-refractivity contribution in [2.45, 2.75) is 26.4 Å². The van der Waals surface area contributed by atoms with Gasteiger partial charge in [0.05, 0.1) is 6.10 Å². The van der Waals surface area contributed by atoms with Crippen molar-refractivity contribution < 1.29 is 9.50 Å². The Morgan fingerprint density at radius 3 is 2.37 bits per heavy atom. The van der Waals surface area contributed by atoms with Crippen LogP contribution in [0.3, 0.4) is 0 Å². The second-order valence-corrected chi connectivity index (χ2v) is 5.25. The van der Waals surface area contributed by atoms with Gasteiger partial charge in [-0.15, -0.1) is 0 Å². The third-order valence-electron chi connectivity index (χ3n) is 3.14. The third-order valence-corrected chi connectivity index (χ3v) is 3.49. The van der Waals surface area contributed by atoms with E-state index in [0.717, 1.165) is 16.7 Å². The fourth-order valence-corrected chi connectivity index (χ4v) is 2.35. The van der Waals surface area contributed by atoms with Crippen molar-refractivity contribution in [2.24, 2.45) is 0 Å². The summed E-state index contributed by atoms with van der Waals surface area (Å²) in [5.74, 6) is -0.379. The van der Waals surface area contributed by atoms with Gasteiger partial charge in [-0.3, -0.25) is 0 Å². The van der Waals surface area contributed by atoms with Crippen LogP contribution in [0.4, 0.5) is 4.39 Å². The molecule has 0 saturated carbocycles. The second kappa shape index (κ2) is 5.72. The maximum Gasteiger partial charge on any atom is 0.129 e. The molecule has 1 atom stereocenters. The molecule has 2 rings (SSSR count). The molecular formula is C16H16ClFO. The van der Waals surface area contributed by atoms with Crippen LogP contribution in [0.25, 0.3) is 0 Å². The highest BCUT2D eigenvalue weighted by Crippen LogP contribution is 2.26. The van der Waals surface area contributed by atoms with Crippen molar-refractivity contribution in [1.82, 2.24) is 0 Å². The number of halogens is 2. The van der Waals surface area contributed by atoms with Crippen LogP contribution in [0.15, 0.2) is 36.4 Å². The van der Waals surface area contributed by atoms with E-state index < -0.39 is 6.10 Å². The molecule has 0 spiro atoms. The van der Waals surface area contributed by atoms with Crippen molar-refractivity contribution in [3.8, 4) is 0 Å². The average molecular weight is 279 g/mol. The first kappa shape index (κ1) is 14.0. The molecule has 0 aliphatic heterocycles. The lowest BCUT2D eigenvalue weighted by molar-refractivity contribution is 0.173. The normalized spacial score (nSPS) is 12.5. The third kappa shape index (κ3) is 3.34. The molecule has 0 saturated heterocycles. The molecule has 0 aliphatic carbocycles. The lowest BCUT2D eigenvalue weighted by Crippen LogP contribution is -2.05. The van der Waals surface area contributed by atoms with Crippen molar-refractivity contribution in [3.05, 3.63) is 69.5 Å². The van der Waals surface area contributed by atoms with Crippen LogP contribution in [0.5, 0.6) is 0 Å². The maximum atomic E-state index is 13.8. The predicted octanol–water partition coefficient (Wildman–Crippen LogP) is 4.37. The van der Waals surface area contributed by atoms with Gasteiger partial charge in [-0.2, -0.15) is 0 Å². The molecule has 0 radical (unpaired) electrons. The molecule has 2 aromatic rings. The van der Waals surface area contributed by atoms with Gasteiger partial charge in [-0.25, -0.2) is 4.39 Å². The average Bonchev–Trinajstić information content (AvgIpc) is 2.32. The van der Waals surface area contributed by atoms with E-state index in [1.54, 1.807) is 12.1 Å². The number of hydrogen-bond donors (Lipinski definition) is 1. The smallest absolute Gasteiger partial charge is 0.129 e. The molecule has 3 heteroatoms. The topological polar surface area (TPSA) is 20.2 Å². The molecule has 1 nitrogen and oxygen atoms in total. The molecule has 0 aromatic heterocycles. The van der Waals surface area contributed by atoms with E-state index in [4.69, 9.17) is 11.6 Å². The second-order valence-electron chi connectivity index (χ2n) is 4.84. The highest BCUT2D eigenvalue weighted by Gasteiger charge is 2.15. The number of hydrogen-bond acceptors (Lipinski definition) is 1. The number of aliphatic hydroxyl groups excluding tert-OH is 1. The van der Waals surface area contributed by atoms with Gasteiger partial charge in [0.2, 0.25) is 0 Å². The van der Waals surface area contributed by atoms with Crippen LogP contribution in [0, 0.1) is 19.7 Å². The molecule has 0 amide bonds. The van der Waals surface area contributed by atoms with Crippen molar-refractivity contribution >= 4 is 11.6 Å². The minimum absolute atomic E-state index is 0.305. The number of benzene rings is 2. The molecule has 0 fully saturated rings. The molecule has 0 aliphatic rings. The Kier molecular flexibility index (Phi) is 4.23. The van der Waals surface area contributed by atoms with Crippen LogP contribution in [0.1, 0.15) is 28.4 Å². The summed E-state index contributed by atoms with van der Waals surface area (Å²) in [5, 5.41) is 10.7. The summed E-state index contributed by atoms with van der Waals surface area (Å²) in [6.07, 6.45) is -0.583. The molecule has 1 N–H and O–H groups in total. The quantitative estimate of drug-likeness (QED) is 0.884. The highest BCUT2D eigenvalue weighted by molar-refractivity contribution is 6.31. The fraction of sp³-hybridized carbons (Fsp3) is 0.250.